The monoisotopic (exact) mass is 439 g/mol. The molecule has 0 atom stereocenters. The van der Waals surface area contributed by atoms with Crippen molar-refractivity contribution in [3.63, 3.8) is 0 Å². The summed E-state index contributed by atoms with van der Waals surface area (Å²) in [6.07, 6.45) is 3.26. The van der Waals surface area contributed by atoms with Crippen molar-refractivity contribution >= 4 is 23.2 Å². The van der Waals surface area contributed by atoms with Crippen LogP contribution in [0.1, 0.15) is 22.3 Å². The number of aryl methyl sites for hydroxylation is 2. The van der Waals surface area contributed by atoms with Gasteiger partial charge in [-0.25, -0.2) is 14.3 Å². The van der Waals surface area contributed by atoms with Crippen molar-refractivity contribution in [1.29, 1.82) is 0 Å². The summed E-state index contributed by atoms with van der Waals surface area (Å²) < 4.78 is 2.93. The second-order valence-electron chi connectivity index (χ2n) is 7.11. The van der Waals surface area contributed by atoms with Crippen molar-refractivity contribution < 1.29 is 0 Å². The van der Waals surface area contributed by atoms with Crippen LogP contribution in [-0.2, 0) is 13.1 Å². The van der Waals surface area contributed by atoms with Crippen LogP contribution < -0.4 is 5.56 Å². The molecule has 2 heterocycles. The third-order valence-electron chi connectivity index (χ3n) is 5.03. The first kappa shape index (κ1) is 20.3. The predicted octanol–water partition coefficient (Wildman–Crippen LogP) is 4.52. The first-order chi connectivity index (χ1) is 14.4. The number of hydrogen-bond donors (Lipinski definition) is 0. The molecule has 0 fully saturated rings. The standard InChI is InChI=1S/C22H19Cl2N5O/c1-14-6-7-16(8-15(14)2)21-10-17(9-18-19(23)4-3-5-20(18)24)22(30)29(27-21)13-28-12-25-11-26-28/h3-8,10-12H,9,13H2,1-2H3. The molecule has 0 spiro atoms. The van der Waals surface area contributed by atoms with Crippen molar-refractivity contribution in [2.75, 3.05) is 0 Å². The first-order valence-electron chi connectivity index (χ1n) is 9.36. The fourth-order valence-corrected chi connectivity index (χ4v) is 3.73. The van der Waals surface area contributed by atoms with Gasteiger partial charge < -0.3 is 0 Å². The number of nitrogens with zero attached hydrogens (tertiary/aromatic N) is 5. The topological polar surface area (TPSA) is 65.6 Å². The van der Waals surface area contributed by atoms with Crippen molar-refractivity contribution in [3.8, 4) is 11.3 Å². The minimum Gasteiger partial charge on any atom is -0.267 e. The number of aromatic nitrogens is 5. The molecule has 0 amide bonds. The van der Waals surface area contributed by atoms with E-state index in [4.69, 9.17) is 23.2 Å². The number of benzene rings is 2. The third-order valence-corrected chi connectivity index (χ3v) is 5.73. The number of rotatable bonds is 5. The molecule has 0 aliphatic carbocycles. The predicted molar refractivity (Wildman–Crippen MR) is 118 cm³/mol. The Hall–Kier alpha value is -2.96. The second-order valence-corrected chi connectivity index (χ2v) is 7.93. The van der Waals surface area contributed by atoms with Crippen LogP contribution >= 0.6 is 23.2 Å². The molecule has 0 N–H and O–H groups in total. The molecular weight excluding hydrogens is 421 g/mol. The van der Waals surface area contributed by atoms with Gasteiger partial charge >= 0.3 is 0 Å². The summed E-state index contributed by atoms with van der Waals surface area (Å²) in [5, 5.41) is 9.72. The fraction of sp³-hybridized carbons (Fsp3) is 0.182. The summed E-state index contributed by atoms with van der Waals surface area (Å²) in [5.74, 6) is 0. The number of hydrogen-bond acceptors (Lipinski definition) is 4. The lowest BCUT2D eigenvalue weighted by molar-refractivity contribution is 0.479. The Morgan fingerprint density at radius 2 is 1.77 bits per heavy atom. The maximum atomic E-state index is 13.2. The molecule has 4 rings (SSSR count). The molecule has 0 bridgehead atoms. The molecule has 4 aromatic rings. The fourth-order valence-electron chi connectivity index (χ4n) is 3.20. The molecule has 0 saturated carbocycles. The van der Waals surface area contributed by atoms with Gasteiger partial charge in [-0.15, -0.1) is 0 Å². The Labute approximate surface area is 183 Å². The van der Waals surface area contributed by atoms with E-state index < -0.39 is 0 Å². The number of halogens is 2. The molecule has 30 heavy (non-hydrogen) atoms. The van der Waals surface area contributed by atoms with Gasteiger partial charge in [-0.3, -0.25) is 4.79 Å². The average molecular weight is 440 g/mol. The largest absolute Gasteiger partial charge is 0.272 e. The molecule has 8 heteroatoms. The van der Waals surface area contributed by atoms with E-state index in [-0.39, 0.29) is 12.2 Å². The molecule has 0 aliphatic heterocycles. The van der Waals surface area contributed by atoms with E-state index in [1.807, 2.05) is 18.2 Å². The van der Waals surface area contributed by atoms with E-state index in [2.05, 4.69) is 35.1 Å². The van der Waals surface area contributed by atoms with Crippen LogP contribution in [0.5, 0.6) is 0 Å². The summed E-state index contributed by atoms with van der Waals surface area (Å²) in [5.41, 5.74) is 5.00. The average Bonchev–Trinajstić information content (AvgIpc) is 3.22. The van der Waals surface area contributed by atoms with Crippen LogP contribution in [0, 0.1) is 13.8 Å². The molecule has 6 nitrogen and oxygen atoms in total. The maximum Gasteiger partial charge on any atom is 0.272 e. The van der Waals surface area contributed by atoms with Gasteiger partial charge in [-0.05, 0) is 54.8 Å². The zero-order valence-electron chi connectivity index (χ0n) is 16.5. The zero-order valence-corrected chi connectivity index (χ0v) is 18.0. The molecule has 152 valence electrons. The van der Waals surface area contributed by atoms with E-state index in [0.29, 0.717) is 33.3 Å². The third kappa shape index (κ3) is 4.15. The highest BCUT2D eigenvalue weighted by atomic mass is 35.5. The summed E-state index contributed by atoms with van der Waals surface area (Å²) >= 11 is 12.7. The zero-order chi connectivity index (χ0) is 21.3. The molecule has 0 unspecified atom stereocenters. The highest BCUT2D eigenvalue weighted by molar-refractivity contribution is 6.36. The Kier molecular flexibility index (Phi) is 5.70. The SMILES string of the molecule is Cc1ccc(-c2cc(Cc3c(Cl)cccc3Cl)c(=O)n(Cn3cncn3)n2)cc1C. The summed E-state index contributed by atoms with van der Waals surface area (Å²) in [4.78, 5) is 17.1. The lowest BCUT2D eigenvalue weighted by Gasteiger charge is -2.13. The van der Waals surface area contributed by atoms with E-state index in [0.717, 1.165) is 11.1 Å². The van der Waals surface area contributed by atoms with Crippen LogP contribution in [-0.4, -0.2) is 24.5 Å². The van der Waals surface area contributed by atoms with Crippen molar-refractivity contribution in [1.82, 2.24) is 24.5 Å². The van der Waals surface area contributed by atoms with Crippen molar-refractivity contribution in [2.45, 2.75) is 26.9 Å². The van der Waals surface area contributed by atoms with Crippen LogP contribution in [0.2, 0.25) is 10.0 Å². The summed E-state index contributed by atoms with van der Waals surface area (Å²) in [6, 6.07) is 13.2. The molecule has 0 aliphatic rings. The van der Waals surface area contributed by atoms with Crippen LogP contribution in [0.15, 0.2) is 59.9 Å². The second kappa shape index (κ2) is 8.42. The van der Waals surface area contributed by atoms with E-state index in [1.165, 1.54) is 16.6 Å². The van der Waals surface area contributed by atoms with Gasteiger partial charge in [-0.2, -0.15) is 10.2 Å². The van der Waals surface area contributed by atoms with Gasteiger partial charge in [0.15, 0.2) is 0 Å². The normalized spacial score (nSPS) is 11.1. The smallest absolute Gasteiger partial charge is 0.267 e. The lowest BCUT2D eigenvalue weighted by atomic mass is 10.0. The van der Waals surface area contributed by atoms with Gasteiger partial charge in [0, 0.05) is 27.6 Å². The minimum absolute atomic E-state index is 0.154. The Morgan fingerprint density at radius 3 is 2.43 bits per heavy atom. The van der Waals surface area contributed by atoms with Gasteiger partial charge in [0.25, 0.3) is 5.56 Å². The minimum atomic E-state index is -0.228. The maximum absolute atomic E-state index is 13.2. The Bertz CT molecular complexity index is 1250. The van der Waals surface area contributed by atoms with Gasteiger partial charge in [0.1, 0.15) is 19.3 Å². The van der Waals surface area contributed by atoms with Crippen LogP contribution in [0.25, 0.3) is 11.3 Å². The summed E-state index contributed by atoms with van der Waals surface area (Å²) in [7, 11) is 0. The van der Waals surface area contributed by atoms with E-state index >= 15 is 0 Å². The molecule has 2 aromatic heterocycles. The van der Waals surface area contributed by atoms with Gasteiger partial charge in [0.05, 0.1) is 5.69 Å². The van der Waals surface area contributed by atoms with Gasteiger partial charge in [-0.1, -0.05) is 41.4 Å². The first-order valence-corrected chi connectivity index (χ1v) is 10.1. The van der Waals surface area contributed by atoms with Gasteiger partial charge in [0.2, 0.25) is 0 Å². The molecule has 0 radical (unpaired) electrons. The summed E-state index contributed by atoms with van der Waals surface area (Å²) in [6.45, 7) is 4.26. The Morgan fingerprint density at radius 1 is 1.00 bits per heavy atom. The highest BCUT2D eigenvalue weighted by Gasteiger charge is 2.15. The van der Waals surface area contributed by atoms with Crippen LogP contribution in [0.3, 0.4) is 0 Å². The van der Waals surface area contributed by atoms with Crippen molar-refractivity contribution in [3.05, 3.63) is 97.8 Å². The Balaban J connectivity index is 1.85. The molecular formula is C22H19Cl2N5O. The lowest BCUT2D eigenvalue weighted by Crippen LogP contribution is -2.29. The highest BCUT2D eigenvalue weighted by Crippen LogP contribution is 2.27. The van der Waals surface area contributed by atoms with E-state index in [9.17, 15) is 4.79 Å². The van der Waals surface area contributed by atoms with Crippen molar-refractivity contribution in [2.24, 2.45) is 0 Å². The van der Waals surface area contributed by atoms with E-state index in [1.54, 1.807) is 29.2 Å². The molecule has 0 saturated heterocycles. The van der Waals surface area contributed by atoms with Crippen LogP contribution in [0.4, 0.5) is 0 Å². The quantitative estimate of drug-likeness (QED) is 0.458. The molecule has 2 aromatic carbocycles.